The Morgan fingerprint density at radius 1 is 1.47 bits per heavy atom. The summed E-state index contributed by atoms with van der Waals surface area (Å²) in [5.74, 6) is -1.06. The maximum Gasteiger partial charge on any atom is 0.345 e. The van der Waals surface area contributed by atoms with Gasteiger partial charge in [-0.15, -0.1) is 11.3 Å². The van der Waals surface area contributed by atoms with Crippen LogP contribution in [-0.4, -0.2) is 16.0 Å². The zero-order valence-corrected chi connectivity index (χ0v) is 8.15. The van der Waals surface area contributed by atoms with Gasteiger partial charge in [0.1, 0.15) is 4.88 Å². The van der Waals surface area contributed by atoms with E-state index >= 15 is 0 Å². The molecule has 6 heteroatoms. The summed E-state index contributed by atoms with van der Waals surface area (Å²) in [7, 11) is 0. The molecule has 15 heavy (non-hydrogen) atoms. The van der Waals surface area contributed by atoms with Crippen LogP contribution in [0.4, 0.5) is 5.69 Å². The third-order valence-electron chi connectivity index (χ3n) is 1.95. The molecule has 0 atom stereocenters. The van der Waals surface area contributed by atoms with E-state index in [0.29, 0.717) is 10.1 Å². The fraction of sp³-hybridized carbons (Fsp3) is 0. The first-order valence-corrected chi connectivity index (χ1v) is 4.81. The average molecular weight is 223 g/mol. The van der Waals surface area contributed by atoms with Gasteiger partial charge in [-0.3, -0.25) is 10.1 Å². The van der Waals surface area contributed by atoms with Crippen molar-refractivity contribution >= 4 is 33.1 Å². The van der Waals surface area contributed by atoms with Crippen LogP contribution in [0.2, 0.25) is 0 Å². The van der Waals surface area contributed by atoms with Crippen molar-refractivity contribution in [3.63, 3.8) is 0 Å². The lowest BCUT2D eigenvalue weighted by Gasteiger charge is -1.91. The molecule has 2 aromatic rings. The number of benzene rings is 1. The van der Waals surface area contributed by atoms with Gasteiger partial charge in [-0.05, 0) is 12.1 Å². The van der Waals surface area contributed by atoms with Crippen LogP contribution in [0.25, 0.3) is 10.1 Å². The van der Waals surface area contributed by atoms with E-state index in [9.17, 15) is 14.9 Å². The Morgan fingerprint density at radius 2 is 2.20 bits per heavy atom. The van der Waals surface area contributed by atoms with Crippen LogP contribution in [-0.2, 0) is 0 Å². The van der Waals surface area contributed by atoms with Gasteiger partial charge in [-0.1, -0.05) is 6.07 Å². The first-order chi connectivity index (χ1) is 7.09. The number of aromatic carboxylic acids is 1. The van der Waals surface area contributed by atoms with E-state index in [2.05, 4.69) is 0 Å². The Balaban J connectivity index is 2.75. The number of carboxylic acid groups (broad SMARTS) is 1. The molecule has 1 aromatic heterocycles. The monoisotopic (exact) mass is 223 g/mol. The molecule has 0 amide bonds. The van der Waals surface area contributed by atoms with Crippen molar-refractivity contribution in [2.24, 2.45) is 0 Å². The number of nitro benzene ring substituents is 1. The highest BCUT2D eigenvalue weighted by Gasteiger charge is 2.16. The molecule has 5 nitrogen and oxygen atoms in total. The molecule has 0 bridgehead atoms. The summed E-state index contributed by atoms with van der Waals surface area (Å²) >= 11 is 1.03. The zero-order valence-electron chi connectivity index (χ0n) is 7.34. The zero-order chi connectivity index (χ0) is 11.0. The second kappa shape index (κ2) is 3.32. The molecular weight excluding hydrogens is 218 g/mol. The number of hydrogen-bond donors (Lipinski definition) is 1. The number of fused-ring (bicyclic) bond motifs is 1. The van der Waals surface area contributed by atoms with E-state index in [0.717, 1.165) is 11.3 Å². The number of thiophene rings is 1. The third-order valence-corrected chi connectivity index (χ3v) is 3.03. The van der Waals surface area contributed by atoms with Crippen molar-refractivity contribution in [1.82, 2.24) is 0 Å². The van der Waals surface area contributed by atoms with E-state index in [1.54, 1.807) is 12.1 Å². The van der Waals surface area contributed by atoms with Crippen molar-refractivity contribution < 1.29 is 14.8 Å². The Labute approximate surface area is 87.7 Å². The number of rotatable bonds is 2. The smallest absolute Gasteiger partial charge is 0.345 e. The van der Waals surface area contributed by atoms with E-state index < -0.39 is 10.9 Å². The van der Waals surface area contributed by atoms with Gasteiger partial charge < -0.3 is 5.11 Å². The maximum absolute atomic E-state index is 10.7. The fourth-order valence-electron chi connectivity index (χ4n) is 1.31. The van der Waals surface area contributed by atoms with E-state index in [1.807, 2.05) is 0 Å². The quantitative estimate of drug-likeness (QED) is 0.626. The average Bonchev–Trinajstić information content (AvgIpc) is 2.60. The largest absolute Gasteiger partial charge is 0.477 e. The summed E-state index contributed by atoms with van der Waals surface area (Å²) < 4.78 is 0.613. The molecule has 0 fully saturated rings. The molecule has 0 radical (unpaired) electrons. The van der Waals surface area contributed by atoms with Crippen LogP contribution in [0.3, 0.4) is 0 Å². The SMILES string of the molecule is O=C(O)c1cc2c([N+](=O)[O-])cccc2s1. The molecule has 76 valence electrons. The molecule has 1 aromatic carbocycles. The lowest BCUT2D eigenvalue weighted by atomic mass is 10.2. The Bertz CT molecular complexity index is 560. The predicted octanol–water partition coefficient (Wildman–Crippen LogP) is 2.51. The Kier molecular flexibility index (Phi) is 2.12. The molecule has 1 heterocycles. The molecule has 0 saturated heterocycles. The topological polar surface area (TPSA) is 80.4 Å². The summed E-state index contributed by atoms with van der Waals surface area (Å²) in [4.78, 5) is 20.9. The van der Waals surface area contributed by atoms with Crippen LogP contribution in [0.15, 0.2) is 24.3 Å². The lowest BCUT2D eigenvalue weighted by Crippen LogP contribution is -1.90. The number of carbonyl (C=O) groups is 1. The van der Waals surface area contributed by atoms with Crippen LogP contribution < -0.4 is 0 Å². The molecule has 1 N–H and O–H groups in total. The number of carboxylic acids is 1. The van der Waals surface area contributed by atoms with Gasteiger partial charge in [0.25, 0.3) is 5.69 Å². The second-order valence-corrected chi connectivity index (χ2v) is 3.95. The molecule has 2 rings (SSSR count). The number of hydrogen-bond acceptors (Lipinski definition) is 4. The molecule has 0 unspecified atom stereocenters. The van der Waals surface area contributed by atoms with Gasteiger partial charge >= 0.3 is 5.97 Å². The van der Waals surface area contributed by atoms with E-state index in [-0.39, 0.29) is 10.6 Å². The van der Waals surface area contributed by atoms with Gasteiger partial charge in [-0.25, -0.2) is 4.79 Å². The van der Waals surface area contributed by atoms with Crippen LogP contribution in [0, 0.1) is 10.1 Å². The minimum absolute atomic E-state index is 0.0590. The number of non-ortho nitro benzene ring substituents is 1. The molecule has 0 spiro atoms. The standard InChI is InChI=1S/C9H5NO4S/c11-9(12)8-4-5-6(10(13)14)2-1-3-7(5)15-8/h1-4H,(H,11,12). The van der Waals surface area contributed by atoms with Gasteiger partial charge in [0, 0.05) is 10.8 Å². The Morgan fingerprint density at radius 3 is 2.80 bits per heavy atom. The Hall–Kier alpha value is -1.95. The summed E-state index contributed by atoms with van der Waals surface area (Å²) in [5, 5.41) is 19.8. The first-order valence-electron chi connectivity index (χ1n) is 4.00. The summed E-state index contributed by atoms with van der Waals surface area (Å²) in [6, 6.07) is 5.91. The highest BCUT2D eigenvalue weighted by Crippen LogP contribution is 2.32. The molecule has 0 saturated carbocycles. The summed E-state index contributed by atoms with van der Waals surface area (Å²) in [6.45, 7) is 0. The lowest BCUT2D eigenvalue weighted by molar-refractivity contribution is -0.383. The minimum atomic E-state index is -1.06. The molecule has 0 aliphatic carbocycles. The molecule has 0 aliphatic rings. The highest BCUT2D eigenvalue weighted by atomic mass is 32.1. The van der Waals surface area contributed by atoms with Crippen molar-refractivity contribution in [3.05, 3.63) is 39.3 Å². The minimum Gasteiger partial charge on any atom is -0.477 e. The third kappa shape index (κ3) is 1.55. The first kappa shape index (κ1) is 9.60. The number of nitrogens with zero attached hydrogens (tertiary/aromatic N) is 1. The fourth-order valence-corrected chi connectivity index (χ4v) is 2.23. The highest BCUT2D eigenvalue weighted by molar-refractivity contribution is 7.20. The normalized spacial score (nSPS) is 10.4. The number of nitro groups is 1. The molecular formula is C9H5NO4S. The van der Waals surface area contributed by atoms with Gasteiger partial charge in [0.15, 0.2) is 0 Å². The van der Waals surface area contributed by atoms with Crippen LogP contribution in [0.5, 0.6) is 0 Å². The second-order valence-electron chi connectivity index (χ2n) is 2.86. The van der Waals surface area contributed by atoms with Crippen LogP contribution in [0.1, 0.15) is 9.67 Å². The van der Waals surface area contributed by atoms with E-state index in [1.165, 1.54) is 12.1 Å². The van der Waals surface area contributed by atoms with Crippen molar-refractivity contribution in [3.8, 4) is 0 Å². The van der Waals surface area contributed by atoms with Crippen molar-refractivity contribution in [2.75, 3.05) is 0 Å². The van der Waals surface area contributed by atoms with Crippen molar-refractivity contribution in [1.29, 1.82) is 0 Å². The van der Waals surface area contributed by atoms with Crippen molar-refractivity contribution in [2.45, 2.75) is 0 Å². The maximum atomic E-state index is 10.7. The summed E-state index contributed by atoms with van der Waals surface area (Å²) in [5.41, 5.74) is -0.0590. The van der Waals surface area contributed by atoms with E-state index in [4.69, 9.17) is 5.11 Å². The summed E-state index contributed by atoms with van der Waals surface area (Å²) in [6.07, 6.45) is 0. The van der Waals surface area contributed by atoms with Gasteiger partial charge in [0.2, 0.25) is 0 Å². The predicted molar refractivity (Wildman–Crippen MR) is 55.4 cm³/mol. The van der Waals surface area contributed by atoms with Crippen LogP contribution >= 0.6 is 11.3 Å². The molecule has 0 aliphatic heterocycles. The van der Waals surface area contributed by atoms with Gasteiger partial charge in [0.05, 0.1) is 10.3 Å². The van der Waals surface area contributed by atoms with Gasteiger partial charge in [-0.2, -0.15) is 0 Å².